The highest BCUT2D eigenvalue weighted by Gasteiger charge is 2.38. The maximum absolute atomic E-state index is 13.1. The Morgan fingerprint density at radius 3 is 2.59 bits per heavy atom. The van der Waals surface area contributed by atoms with Gasteiger partial charge < -0.3 is 0 Å². The highest BCUT2D eigenvalue weighted by Crippen LogP contribution is 2.43. The van der Waals surface area contributed by atoms with Gasteiger partial charge in [0, 0.05) is 23.1 Å². The molecule has 166 valence electrons. The molecule has 0 saturated carbocycles. The lowest BCUT2D eigenvalue weighted by Gasteiger charge is -2.22. The van der Waals surface area contributed by atoms with Gasteiger partial charge in [-0.15, -0.1) is 22.0 Å². The Morgan fingerprint density at radius 1 is 0.971 bits per heavy atom. The van der Waals surface area contributed by atoms with Crippen molar-refractivity contribution in [2.24, 2.45) is 0 Å². The first-order valence-electron chi connectivity index (χ1n) is 10.5. The highest BCUT2D eigenvalue weighted by atomic mass is 32.2. The predicted octanol–water partition coefficient (Wildman–Crippen LogP) is 4.63. The number of aromatic nitrogens is 4. The molecular formula is C24H16N6O3S. The van der Waals surface area contributed by atoms with Crippen LogP contribution in [0.3, 0.4) is 0 Å². The average molecular weight is 468 g/mol. The third-order valence-corrected chi connectivity index (χ3v) is 6.92. The summed E-state index contributed by atoms with van der Waals surface area (Å²) in [7, 11) is 0. The number of carbonyl (C=O) groups is 1. The molecule has 10 heteroatoms. The molecule has 0 N–H and O–H groups in total. The van der Waals surface area contributed by atoms with Crippen LogP contribution >= 0.6 is 11.8 Å². The number of anilines is 1. The standard InChI is InChI=1S/C24H16N6O3S/c31-20-14-34-23(16-9-6-10-17(13-16)30(32)33)28(20)24-27-26-22-18-11-4-5-12-19(18)25-21(29(22)24)15-7-2-1-3-8-15/h1-13,23H,14H2. The van der Waals surface area contributed by atoms with Crippen molar-refractivity contribution in [1.29, 1.82) is 0 Å². The summed E-state index contributed by atoms with van der Waals surface area (Å²) in [4.78, 5) is 30.4. The summed E-state index contributed by atoms with van der Waals surface area (Å²) < 4.78 is 1.80. The molecule has 1 unspecified atom stereocenters. The number of thioether (sulfide) groups is 1. The van der Waals surface area contributed by atoms with Gasteiger partial charge in [0.15, 0.2) is 5.65 Å². The quantitative estimate of drug-likeness (QED) is 0.280. The number of benzene rings is 3. The number of non-ortho nitro benzene ring substituents is 1. The van der Waals surface area contributed by atoms with Gasteiger partial charge in [0.2, 0.25) is 11.9 Å². The minimum Gasteiger partial charge on any atom is -0.273 e. The number of para-hydroxylation sites is 1. The summed E-state index contributed by atoms with van der Waals surface area (Å²) in [6, 6.07) is 23.7. The summed E-state index contributed by atoms with van der Waals surface area (Å²) in [6.07, 6.45) is 0. The molecule has 34 heavy (non-hydrogen) atoms. The fourth-order valence-corrected chi connectivity index (χ4v) is 5.32. The van der Waals surface area contributed by atoms with Crippen molar-refractivity contribution in [2.75, 3.05) is 10.7 Å². The number of nitrogens with zero attached hydrogens (tertiary/aromatic N) is 6. The fourth-order valence-electron chi connectivity index (χ4n) is 4.19. The van der Waals surface area contributed by atoms with Crippen molar-refractivity contribution in [3.63, 3.8) is 0 Å². The Bertz CT molecular complexity index is 1590. The van der Waals surface area contributed by atoms with E-state index in [-0.39, 0.29) is 17.3 Å². The van der Waals surface area contributed by atoms with Gasteiger partial charge in [-0.05, 0) is 17.7 Å². The van der Waals surface area contributed by atoms with Gasteiger partial charge >= 0.3 is 0 Å². The third-order valence-electron chi connectivity index (χ3n) is 5.71. The SMILES string of the molecule is O=C1CSC(c2cccc([N+](=O)[O-])c2)N1c1nnc2c3ccccc3nc(-c3ccccc3)n12. The van der Waals surface area contributed by atoms with Crippen LogP contribution in [0.5, 0.6) is 0 Å². The van der Waals surface area contributed by atoms with Crippen molar-refractivity contribution < 1.29 is 9.72 Å². The van der Waals surface area contributed by atoms with Gasteiger partial charge in [-0.25, -0.2) is 9.38 Å². The number of amides is 1. The zero-order valence-corrected chi connectivity index (χ0v) is 18.4. The maximum Gasteiger partial charge on any atom is 0.269 e. The molecule has 3 heterocycles. The molecule has 0 aliphatic carbocycles. The lowest BCUT2D eigenvalue weighted by molar-refractivity contribution is -0.384. The molecule has 1 aliphatic rings. The Kier molecular flexibility index (Phi) is 4.73. The summed E-state index contributed by atoms with van der Waals surface area (Å²) in [5, 5.41) is 20.5. The Hall–Kier alpha value is -4.31. The molecule has 0 bridgehead atoms. The molecule has 0 radical (unpaired) electrons. The normalized spacial score (nSPS) is 15.9. The fraction of sp³-hybridized carbons (Fsp3) is 0.0833. The molecule has 3 aromatic carbocycles. The van der Waals surface area contributed by atoms with E-state index < -0.39 is 10.3 Å². The third kappa shape index (κ3) is 3.19. The number of fused-ring (bicyclic) bond motifs is 3. The zero-order chi connectivity index (χ0) is 23.2. The van der Waals surface area contributed by atoms with Crippen molar-refractivity contribution in [3.05, 3.63) is 94.5 Å². The van der Waals surface area contributed by atoms with Crippen molar-refractivity contribution in [3.8, 4) is 11.4 Å². The molecule has 5 aromatic rings. The second kappa shape index (κ2) is 7.92. The van der Waals surface area contributed by atoms with Crippen molar-refractivity contribution in [1.82, 2.24) is 19.6 Å². The van der Waals surface area contributed by atoms with Crippen LogP contribution in [-0.2, 0) is 4.79 Å². The molecule has 9 nitrogen and oxygen atoms in total. The predicted molar refractivity (Wildman–Crippen MR) is 130 cm³/mol. The minimum atomic E-state index is -0.477. The first-order chi connectivity index (χ1) is 16.6. The van der Waals surface area contributed by atoms with Gasteiger partial charge in [0.1, 0.15) is 11.2 Å². The van der Waals surface area contributed by atoms with Crippen LogP contribution in [-0.4, -0.2) is 36.2 Å². The van der Waals surface area contributed by atoms with Crippen LogP contribution < -0.4 is 4.90 Å². The summed E-state index contributed by atoms with van der Waals surface area (Å²) in [6.45, 7) is 0. The second-order valence-electron chi connectivity index (χ2n) is 7.76. The number of hydrogen-bond donors (Lipinski definition) is 0. The Labute approximate surface area is 197 Å². The van der Waals surface area contributed by atoms with E-state index in [1.165, 1.54) is 23.9 Å². The van der Waals surface area contributed by atoms with Gasteiger partial charge in [0.05, 0.1) is 16.2 Å². The molecule has 1 atom stereocenters. The lowest BCUT2D eigenvalue weighted by atomic mass is 10.1. The maximum atomic E-state index is 13.1. The van der Waals surface area contributed by atoms with Gasteiger partial charge in [-0.1, -0.05) is 54.6 Å². The van der Waals surface area contributed by atoms with E-state index in [1.54, 1.807) is 21.4 Å². The van der Waals surface area contributed by atoms with Crippen molar-refractivity contribution >= 4 is 45.9 Å². The lowest BCUT2D eigenvalue weighted by Crippen LogP contribution is -2.30. The van der Waals surface area contributed by atoms with Crippen LogP contribution in [0, 0.1) is 10.1 Å². The second-order valence-corrected chi connectivity index (χ2v) is 8.83. The van der Waals surface area contributed by atoms with Crippen LogP contribution in [0.25, 0.3) is 27.9 Å². The molecule has 1 amide bonds. The van der Waals surface area contributed by atoms with Crippen LogP contribution in [0.15, 0.2) is 78.9 Å². The van der Waals surface area contributed by atoms with E-state index in [2.05, 4.69) is 10.2 Å². The van der Waals surface area contributed by atoms with Crippen molar-refractivity contribution in [2.45, 2.75) is 5.37 Å². The number of hydrogen-bond acceptors (Lipinski definition) is 7. The monoisotopic (exact) mass is 468 g/mol. The first-order valence-corrected chi connectivity index (χ1v) is 11.5. The van der Waals surface area contributed by atoms with Gasteiger partial charge in [-0.2, -0.15) is 0 Å². The molecule has 1 aliphatic heterocycles. The van der Waals surface area contributed by atoms with Crippen LogP contribution in [0.1, 0.15) is 10.9 Å². The number of nitro groups is 1. The molecule has 1 fully saturated rings. The topological polar surface area (TPSA) is 107 Å². The number of nitro benzene ring substituents is 1. The minimum absolute atomic E-state index is 0.0267. The zero-order valence-electron chi connectivity index (χ0n) is 17.6. The van der Waals surface area contributed by atoms with Gasteiger partial charge in [-0.3, -0.25) is 19.8 Å². The smallest absolute Gasteiger partial charge is 0.269 e. The van der Waals surface area contributed by atoms with E-state index >= 15 is 0 Å². The van der Waals surface area contributed by atoms with Crippen LogP contribution in [0.4, 0.5) is 11.6 Å². The first kappa shape index (κ1) is 20.3. The molecule has 1 saturated heterocycles. The van der Waals surface area contributed by atoms with E-state index in [1.807, 2.05) is 54.6 Å². The number of carbonyl (C=O) groups excluding carboxylic acids is 1. The Balaban J connectivity index is 1.60. The molecular weight excluding hydrogens is 452 g/mol. The molecule has 0 spiro atoms. The molecule has 2 aromatic heterocycles. The van der Waals surface area contributed by atoms with Gasteiger partial charge in [0.25, 0.3) is 5.69 Å². The molecule has 6 rings (SSSR count). The summed E-state index contributed by atoms with van der Waals surface area (Å²) in [5.41, 5.74) is 2.83. The summed E-state index contributed by atoms with van der Waals surface area (Å²) >= 11 is 1.40. The van der Waals surface area contributed by atoms with Crippen LogP contribution in [0.2, 0.25) is 0 Å². The highest BCUT2D eigenvalue weighted by molar-refractivity contribution is 8.00. The van der Waals surface area contributed by atoms with E-state index in [0.717, 1.165) is 16.5 Å². The number of rotatable bonds is 4. The largest absolute Gasteiger partial charge is 0.273 e. The average Bonchev–Trinajstić information content (AvgIpc) is 3.48. The van der Waals surface area contributed by atoms with E-state index in [0.29, 0.717) is 23.0 Å². The van der Waals surface area contributed by atoms with E-state index in [4.69, 9.17) is 4.98 Å². The Morgan fingerprint density at radius 2 is 1.76 bits per heavy atom. The van der Waals surface area contributed by atoms with E-state index in [9.17, 15) is 14.9 Å². The summed E-state index contributed by atoms with van der Waals surface area (Å²) in [5.74, 6) is 1.02.